The SMILES string of the molecule is CC/C=C\C/C=C\C/C=C\C/C=C\C/C=C\CC(=O)OC1C(OCC(COC(=O)CCCCCCC/C=C\CCCCCC)OC(=O)CCCCCCC/C=C\CCCCCC)OC(C(=O)O)C(O)C1O. The Labute approximate surface area is 429 Å². The first-order valence-corrected chi connectivity index (χ1v) is 27.6. The molecule has 12 nitrogen and oxygen atoms in total. The number of aliphatic hydroxyl groups is 2. The summed E-state index contributed by atoms with van der Waals surface area (Å²) in [5.74, 6) is -3.31. The monoisotopic (exact) mass is 997 g/mol. The average Bonchev–Trinajstić information content (AvgIpc) is 3.35. The van der Waals surface area contributed by atoms with Crippen LogP contribution in [0.25, 0.3) is 0 Å². The lowest BCUT2D eigenvalue weighted by molar-refractivity contribution is -0.301. The first kappa shape index (κ1) is 64.9. The number of esters is 3. The molecular formula is C59H96O12. The van der Waals surface area contributed by atoms with Gasteiger partial charge in [-0.1, -0.05) is 183 Å². The van der Waals surface area contributed by atoms with Gasteiger partial charge in [0.05, 0.1) is 13.0 Å². The van der Waals surface area contributed by atoms with E-state index in [-0.39, 0.29) is 25.9 Å². The minimum absolute atomic E-state index is 0.138. The van der Waals surface area contributed by atoms with Crippen molar-refractivity contribution in [2.24, 2.45) is 0 Å². The molecule has 1 fully saturated rings. The molecule has 0 bridgehead atoms. The Kier molecular flexibility index (Phi) is 42.9. The molecule has 1 aliphatic heterocycles. The third-order valence-electron chi connectivity index (χ3n) is 12.0. The van der Waals surface area contributed by atoms with Crippen LogP contribution in [0.15, 0.2) is 85.1 Å². The second kappa shape index (κ2) is 46.9. The number of unbranched alkanes of at least 4 members (excludes halogenated alkanes) is 18. The molecule has 0 amide bonds. The van der Waals surface area contributed by atoms with Crippen molar-refractivity contribution in [3.8, 4) is 0 Å². The maximum absolute atomic E-state index is 13.1. The average molecular weight is 997 g/mol. The zero-order valence-corrected chi connectivity index (χ0v) is 44.2. The number of allylic oxidation sites excluding steroid dienone is 13. The molecule has 1 heterocycles. The number of carbonyl (C=O) groups is 4. The lowest BCUT2D eigenvalue weighted by Crippen LogP contribution is -2.61. The van der Waals surface area contributed by atoms with Crippen molar-refractivity contribution in [1.29, 1.82) is 0 Å². The van der Waals surface area contributed by atoms with Crippen molar-refractivity contribution < 1.29 is 58.2 Å². The Bertz CT molecular complexity index is 1560. The van der Waals surface area contributed by atoms with Crippen LogP contribution in [0, 0.1) is 0 Å². The van der Waals surface area contributed by atoms with Gasteiger partial charge in [-0.25, -0.2) is 4.79 Å². The highest BCUT2D eigenvalue weighted by Gasteiger charge is 2.50. The number of aliphatic carboxylic acids is 1. The van der Waals surface area contributed by atoms with Gasteiger partial charge in [0.15, 0.2) is 24.6 Å². The van der Waals surface area contributed by atoms with Crippen LogP contribution in [0.5, 0.6) is 0 Å². The van der Waals surface area contributed by atoms with Crippen molar-refractivity contribution in [3.63, 3.8) is 0 Å². The van der Waals surface area contributed by atoms with E-state index in [1.54, 1.807) is 12.2 Å². The van der Waals surface area contributed by atoms with Crippen LogP contribution >= 0.6 is 0 Å². The van der Waals surface area contributed by atoms with E-state index in [9.17, 15) is 34.5 Å². The predicted octanol–water partition coefficient (Wildman–Crippen LogP) is 13.6. The summed E-state index contributed by atoms with van der Waals surface area (Å²) in [6, 6.07) is 0. The number of carboxylic acids is 1. The third kappa shape index (κ3) is 37.3. The number of ether oxygens (including phenoxy) is 5. The fourth-order valence-corrected chi connectivity index (χ4v) is 7.72. The minimum Gasteiger partial charge on any atom is -0.479 e. The van der Waals surface area contributed by atoms with Crippen LogP contribution < -0.4 is 0 Å². The summed E-state index contributed by atoms with van der Waals surface area (Å²) in [7, 11) is 0. The van der Waals surface area contributed by atoms with Crippen molar-refractivity contribution in [1.82, 2.24) is 0 Å². The molecule has 0 spiro atoms. The molecule has 0 aliphatic carbocycles. The fraction of sp³-hybridized carbons (Fsp3) is 0.695. The van der Waals surface area contributed by atoms with Crippen LogP contribution in [0.2, 0.25) is 0 Å². The number of rotatable bonds is 45. The van der Waals surface area contributed by atoms with Gasteiger partial charge in [-0.15, -0.1) is 0 Å². The molecular weight excluding hydrogens is 901 g/mol. The molecule has 1 rings (SSSR count). The molecule has 1 saturated heterocycles. The van der Waals surface area contributed by atoms with Crippen molar-refractivity contribution in [3.05, 3.63) is 85.1 Å². The molecule has 0 aromatic carbocycles. The highest BCUT2D eigenvalue weighted by molar-refractivity contribution is 5.74. The van der Waals surface area contributed by atoms with E-state index in [0.29, 0.717) is 19.3 Å². The van der Waals surface area contributed by atoms with Crippen molar-refractivity contribution >= 4 is 23.9 Å². The Morgan fingerprint density at radius 3 is 1.41 bits per heavy atom. The molecule has 1 aliphatic rings. The van der Waals surface area contributed by atoms with Crippen LogP contribution in [0.3, 0.4) is 0 Å². The van der Waals surface area contributed by atoms with Crippen LogP contribution in [-0.2, 0) is 42.9 Å². The predicted molar refractivity (Wildman–Crippen MR) is 284 cm³/mol. The molecule has 0 aromatic heterocycles. The summed E-state index contributed by atoms with van der Waals surface area (Å²) < 4.78 is 28.2. The van der Waals surface area contributed by atoms with Gasteiger partial charge in [-0.05, 0) is 96.3 Å². The van der Waals surface area contributed by atoms with E-state index in [4.69, 9.17) is 23.7 Å². The van der Waals surface area contributed by atoms with Gasteiger partial charge in [0.2, 0.25) is 0 Å². The number of hydrogen-bond acceptors (Lipinski definition) is 11. The smallest absolute Gasteiger partial charge is 0.335 e. The van der Waals surface area contributed by atoms with E-state index >= 15 is 0 Å². The first-order chi connectivity index (χ1) is 34.6. The van der Waals surface area contributed by atoms with E-state index < -0.39 is 67.3 Å². The molecule has 6 atom stereocenters. The second-order valence-electron chi connectivity index (χ2n) is 18.5. The number of carboxylic acid groups (broad SMARTS) is 1. The lowest BCUT2D eigenvalue weighted by Gasteiger charge is -2.40. The van der Waals surface area contributed by atoms with Crippen molar-refractivity contribution in [2.45, 2.75) is 250 Å². The molecule has 0 aromatic rings. The highest BCUT2D eigenvalue weighted by atomic mass is 16.7. The molecule has 71 heavy (non-hydrogen) atoms. The summed E-state index contributed by atoms with van der Waals surface area (Å²) >= 11 is 0. The normalized spacial score (nSPS) is 19.1. The summed E-state index contributed by atoms with van der Waals surface area (Å²) in [5, 5.41) is 31.3. The van der Waals surface area contributed by atoms with E-state index in [1.807, 2.05) is 12.2 Å². The zero-order chi connectivity index (χ0) is 51.8. The van der Waals surface area contributed by atoms with Crippen LogP contribution in [-0.4, -0.2) is 89.2 Å². The number of aliphatic hydroxyl groups excluding tert-OH is 2. The van der Waals surface area contributed by atoms with Gasteiger partial charge in [-0.3, -0.25) is 14.4 Å². The van der Waals surface area contributed by atoms with Crippen LogP contribution in [0.1, 0.15) is 213 Å². The van der Waals surface area contributed by atoms with Gasteiger partial charge < -0.3 is 39.0 Å². The van der Waals surface area contributed by atoms with E-state index in [2.05, 4.69) is 81.5 Å². The van der Waals surface area contributed by atoms with Gasteiger partial charge in [0, 0.05) is 12.8 Å². The maximum Gasteiger partial charge on any atom is 0.335 e. The van der Waals surface area contributed by atoms with Gasteiger partial charge >= 0.3 is 23.9 Å². The Morgan fingerprint density at radius 2 is 0.930 bits per heavy atom. The first-order valence-electron chi connectivity index (χ1n) is 27.6. The second-order valence-corrected chi connectivity index (χ2v) is 18.5. The molecule has 404 valence electrons. The molecule has 6 unspecified atom stereocenters. The zero-order valence-electron chi connectivity index (χ0n) is 44.2. The summed E-state index contributed by atoms with van der Waals surface area (Å²) in [4.78, 5) is 50.9. The Balaban J connectivity index is 2.79. The number of hydrogen-bond donors (Lipinski definition) is 3. The van der Waals surface area contributed by atoms with Gasteiger partial charge in [-0.2, -0.15) is 0 Å². The lowest BCUT2D eigenvalue weighted by atomic mass is 9.98. The maximum atomic E-state index is 13.1. The van der Waals surface area contributed by atoms with Crippen LogP contribution in [0.4, 0.5) is 0 Å². The number of carbonyl (C=O) groups excluding carboxylic acids is 3. The fourth-order valence-electron chi connectivity index (χ4n) is 7.72. The molecule has 0 radical (unpaired) electrons. The molecule has 12 heteroatoms. The van der Waals surface area contributed by atoms with E-state index in [1.165, 1.54) is 51.4 Å². The van der Waals surface area contributed by atoms with Gasteiger partial charge in [0.25, 0.3) is 0 Å². The Hall–Kier alpha value is -4.10. The molecule has 3 N–H and O–H groups in total. The highest BCUT2D eigenvalue weighted by Crippen LogP contribution is 2.26. The third-order valence-corrected chi connectivity index (χ3v) is 12.0. The van der Waals surface area contributed by atoms with Crippen molar-refractivity contribution in [2.75, 3.05) is 13.2 Å². The minimum atomic E-state index is -1.94. The largest absolute Gasteiger partial charge is 0.479 e. The molecule has 0 saturated carbocycles. The van der Waals surface area contributed by atoms with Gasteiger partial charge in [0.1, 0.15) is 18.8 Å². The Morgan fingerprint density at radius 1 is 0.493 bits per heavy atom. The van der Waals surface area contributed by atoms with E-state index in [0.717, 1.165) is 103 Å². The topological polar surface area (TPSA) is 175 Å². The summed E-state index contributed by atoms with van der Waals surface area (Å²) in [6.45, 7) is 5.77. The quantitative estimate of drug-likeness (QED) is 0.0228. The summed E-state index contributed by atoms with van der Waals surface area (Å²) in [5.41, 5.74) is 0. The summed E-state index contributed by atoms with van der Waals surface area (Å²) in [6.07, 6.45) is 47.3. The standard InChI is InChI=1S/C59H96O12/c1-4-7-10-13-16-19-22-25-26-29-32-35-38-41-44-47-53(62)70-57-55(64)54(63)56(58(65)66)71-59(57)68-49-50(69-52(61)46-43-40-37-34-31-28-24-21-18-15-12-9-6-3)48-67-51(60)45-42-39-36-33-30-27-23-20-17-14-11-8-5-2/h7,10,16,19-21,23-26,32,35,41,44,50,54-57,59,63-64H,4-6,8-9,11-15,17-18,22,27-31,33-34,36-40,42-43,45-49H2,1-3H3,(H,65,66)/b10-7-,19-16-,23-20-,24-21-,26-25-,35-32-,44-41-.